The second-order valence-electron chi connectivity index (χ2n) is 3.65. The van der Waals surface area contributed by atoms with Crippen LogP contribution in [0.2, 0.25) is 5.02 Å². The Labute approximate surface area is 105 Å². The fourth-order valence-electron chi connectivity index (χ4n) is 1.52. The molecule has 0 unspecified atom stereocenters. The van der Waals surface area contributed by atoms with Gasteiger partial charge in [0.25, 0.3) is 0 Å². The quantitative estimate of drug-likeness (QED) is 0.818. The maximum atomic E-state index is 10.6. The average Bonchev–Trinajstić information content (AvgIpc) is 2.27. The summed E-state index contributed by atoms with van der Waals surface area (Å²) in [6.07, 6.45) is -0.00632. The number of carboxylic acid groups (broad SMARTS) is 1. The summed E-state index contributed by atoms with van der Waals surface area (Å²) < 4.78 is 0. The highest BCUT2D eigenvalue weighted by Crippen LogP contribution is 2.24. The Balaban J connectivity index is 2.92. The van der Waals surface area contributed by atoms with Crippen LogP contribution >= 0.6 is 11.6 Å². The molecule has 5 heteroatoms. The lowest BCUT2D eigenvalue weighted by atomic mass is 10.1. The van der Waals surface area contributed by atoms with Gasteiger partial charge < -0.3 is 10.0 Å². The summed E-state index contributed by atoms with van der Waals surface area (Å²) in [5, 5.41) is 18.0. The SMILES string of the molecule is Cc1ccc(Cl)cc1N(CC#N)CCC(=O)O. The largest absolute Gasteiger partial charge is 0.481 e. The highest BCUT2D eigenvalue weighted by Gasteiger charge is 2.11. The van der Waals surface area contributed by atoms with Crippen LogP contribution in [0.3, 0.4) is 0 Å². The van der Waals surface area contributed by atoms with E-state index in [1.54, 1.807) is 17.0 Å². The highest BCUT2D eigenvalue weighted by atomic mass is 35.5. The monoisotopic (exact) mass is 252 g/mol. The summed E-state index contributed by atoms with van der Waals surface area (Å²) in [6.45, 7) is 2.34. The van der Waals surface area contributed by atoms with Gasteiger partial charge in [0.05, 0.1) is 12.5 Å². The van der Waals surface area contributed by atoms with Gasteiger partial charge >= 0.3 is 5.97 Å². The molecule has 0 heterocycles. The molecule has 0 amide bonds. The van der Waals surface area contributed by atoms with E-state index < -0.39 is 5.97 Å². The molecule has 1 aromatic rings. The van der Waals surface area contributed by atoms with E-state index in [0.29, 0.717) is 11.6 Å². The first-order valence-electron chi connectivity index (χ1n) is 5.14. The molecule has 0 spiro atoms. The van der Waals surface area contributed by atoms with Gasteiger partial charge in [-0.25, -0.2) is 0 Å². The first-order chi connectivity index (χ1) is 8.04. The Morgan fingerprint density at radius 2 is 2.29 bits per heavy atom. The van der Waals surface area contributed by atoms with Crippen LogP contribution in [0.4, 0.5) is 5.69 Å². The Kier molecular flexibility index (Phi) is 4.80. The molecule has 0 aliphatic carbocycles. The van der Waals surface area contributed by atoms with Crippen molar-refractivity contribution in [3.8, 4) is 6.07 Å². The smallest absolute Gasteiger partial charge is 0.305 e. The van der Waals surface area contributed by atoms with Crippen LogP contribution in [0, 0.1) is 18.3 Å². The van der Waals surface area contributed by atoms with Gasteiger partial charge in [-0.3, -0.25) is 4.79 Å². The molecule has 0 bridgehead atoms. The molecule has 17 heavy (non-hydrogen) atoms. The van der Waals surface area contributed by atoms with Crippen LogP contribution in [0.5, 0.6) is 0 Å². The third-order valence-electron chi connectivity index (χ3n) is 2.37. The minimum atomic E-state index is -0.882. The van der Waals surface area contributed by atoms with E-state index in [2.05, 4.69) is 0 Å². The molecule has 0 aliphatic heterocycles. The number of rotatable bonds is 5. The third-order valence-corrected chi connectivity index (χ3v) is 2.60. The van der Waals surface area contributed by atoms with Crippen molar-refractivity contribution in [2.45, 2.75) is 13.3 Å². The topological polar surface area (TPSA) is 64.3 Å². The summed E-state index contributed by atoms with van der Waals surface area (Å²) in [5.74, 6) is -0.882. The number of nitrogens with zero attached hydrogens (tertiary/aromatic N) is 2. The number of hydrogen-bond donors (Lipinski definition) is 1. The first kappa shape index (κ1) is 13.3. The summed E-state index contributed by atoms with van der Waals surface area (Å²) in [4.78, 5) is 12.3. The van der Waals surface area contributed by atoms with Crippen LogP contribution in [-0.4, -0.2) is 24.2 Å². The molecule has 0 aromatic heterocycles. The first-order valence-corrected chi connectivity index (χ1v) is 5.52. The normalized spacial score (nSPS) is 9.71. The summed E-state index contributed by atoms with van der Waals surface area (Å²) in [7, 11) is 0. The number of nitriles is 1. The van der Waals surface area contributed by atoms with Gasteiger partial charge in [-0.2, -0.15) is 5.26 Å². The molecule has 90 valence electrons. The zero-order valence-corrected chi connectivity index (χ0v) is 10.2. The van der Waals surface area contributed by atoms with Crippen LogP contribution in [0.15, 0.2) is 18.2 Å². The summed E-state index contributed by atoms with van der Waals surface area (Å²) in [6, 6.07) is 7.39. The number of carboxylic acids is 1. The van der Waals surface area contributed by atoms with E-state index in [4.69, 9.17) is 22.0 Å². The van der Waals surface area contributed by atoms with Crippen molar-refractivity contribution in [1.29, 1.82) is 5.26 Å². The molecular formula is C12H13ClN2O2. The van der Waals surface area contributed by atoms with Crippen molar-refractivity contribution in [3.05, 3.63) is 28.8 Å². The summed E-state index contributed by atoms with van der Waals surface area (Å²) >= 11 is 5.90. The molecule has 0 atom stereocenters. The van der Waals surface area contributed by atoms with Crippen molar-refractivity contribution in [3.63, 3.8) is 0 Å². The number of halogens is 1. The van der Waals surface area contributed by atoms with E-state index in [-0.39, 0.29) is 13.0 Å². The fourth-order valence-corrected chi connectivity index (χ4v) is 1.69. The summed E-state index contributed by atoms with van der Waals surface area (Å²) in [5.41, 5.74) is 1.77. The maximum absolute atomic E-state index is 10.6. The van der Waals surface area contributed by atoms with E-state index in [0.717, 1.165) is 11.3 Å². The van der Waals surface area contributed by atoms with Gasteiger partial charge in [-0.15, -0.1) is 0 Å². The highest BCUT2D eigenvalue weighted by molar-refractivity contribution is 6.30. The van der Waals surface area contributed by atoms with Crippen LogP contribution in [-0.2, 0) is 4.79 Å². The number of hydrogen-bond acceptors (Lipinski definition) is 3. The van der Waals surface area contributed by atoms with Gasteiger partial charge in [0.15, 0.2) is 0 Å². The molecule has 0 saturated carbocycles. The van der Waals surface area contributed by atoms with E-state index in [1.807, 2.05) is 19.1 Å². The molecular weight excluding hydrogens is 240 g/mol. The standard InChI is InChI=1S/C12H13ClN2O2/c1-9-2-3-10(13)8-11(9)15(7-5-14)6-4-12(16)17/h2-3,8H,4,6-7H2,1H3,(H,16,17). The van der Waals surface area contributed by atoms with Gasteiger partial charge in [0, 0.05) is 17.3 Å². The van der Waals surface area contributed by atoms with Crippen molar-refractivity contribution in [2.75, 3.05) is 18.0 Å². The minimum absolute atomic E-state index is 0.00632. The van der Waals surface area contributed by atoms with Gasteiger partial charge in [-0.1, -0.05) is 17.7 Å². The Morgan fingerprint density at radius 3 is 2.88 bits per heavy atom. The van der Waals surface area contributed by atoms with Crippen molar-refractivity contribution >= 4 is 23.3 Å². The number of aryl methyl sites for hydroxylation is 1. The van der Waals surface area contributed by atoms with E-state index in [1.165, 1.54) is 0 Å². The second kappa shape index (κ2) is 6.12. The number of benzene rings is 1. The van der Waals surface area contributed by atoms with Crippen molar-refractivity contribution in [2.24, 2.45) is 0 Å². The third kappa shape index (κ3) is 3.97. The van der Waals surface area contributed by atoms with Gasteiger partial charge in [0.1, 0.15) is 6.54 Å². The second-order valence-corrected chi connectivity index (χ2v) is 4.09. The van der Waals surface area contributed by atoms with Gasteiger partial charge in [-0.05, 0) is 24.6 Å². The molecule has 4 nitrogen and oxygen atoms in total. The molecule has 0 radical (unpaired) electrons. The predicted octanol–water partition coefficient (Wildman–Crippen LogP) is 2.45. The van der Waals surface area contributed by atoms with Crippen molar-refractivity contribution in [1.82, 2.24) is 0 Å². The maximum Gasteiger partial charge on any atom is 0.305 e. The van der Waals surface area contributed by atoms with E-state index in [9.17, 15) is 4.79 Å². The lowest BCUT2D eigenvalue weighted by molar-refractivity contribution is -0.136. The Morgan fingerprint density at radius 1 is 1.59 bits per heavy atom. The molecule has 1 rings (SSSR count). The predicted molar refractivity (Wildman–Crippen MR) is 66.3 cm³/mol. The molecule has 0 aliphatic rings. The Hall–Kier alpha value is -1.73. The zero-order valence-electron chi connectivity index (χ0n) is 9.48. The van der Waals surface area contributed by atoms with Crippen LogP contribution in [0.25, 0.3) is 0 Å². The molecule has 0 saturated heterocycles. The fraction of sp³-hybridized carbons (Fsp3) is 0.333. The zero-order chi connectivity index (χ0) is 12.8. The number of aliphatic carboxylic acids is 1. The lowest BCUT2D eigenvalue weighted by Gasteiger charge is -2.23. The molecule has 0 fully saturated rings. The minimum Gasteiger partial charge on any atom is -0.481 e. The molecule has 1 N–H and O–H groups in total. The average molecular weight is 253 g/mol. The van der Waals surface area contributed by atoms with E-state index >= 15 is 0 Å². The number of carbonyl (C=O) groups is 1. The van der Waals surface area contributed by atoms with Crippen LogP contribution < -0.4 is 4.90 Å². The van der Waals surface area contributed by atoms with Crippen LogP contribution in [0.1, 0.15) is 12.0 Å². The number of anilines is 1. The Bertz CT molecular complexity index is 454. The molecule has 1 aromatic carbocycles. The lowest BCUT2D eigenvalue weighted by Crippen LogP contribution is -2.27. The van der Waals surface area contributed by atoms with Crippen molar-refractivity contribution < 1.29 is 9.90 Å². The van der Waals surface area contributed by atoms with Gasteiger partial charge in [0.2, 0.25) is 0 Å².